The third-order valence-corrected chi connectivity index (χ3v) is 6.96. The number of nitrogens with two attached hydrogens (primary N) is 1. The second kappa shape index (κ2) is 13.8. The molecule has 0 radical (unpaired) electrons. The molecule has 2 N–H and O–H groups in total. The Bertz CT molecular complexity index is 1410. The third-order valence-electron chi connectivity index (χ3n) is 6.71. The number of carbonyl (C=O) groups is 1. The summed E-state index contributed by atoms with van der Waals surface area (Å²) in [4.78, 5) is 12.5. The number of ether oxygens (including phenoxy) is 4. The maximum Gasteiger partial charge on any atom is 0.315 e. The fraction of sp³-hybridized carbons (Fsp3) is 0.312. The van der Waals surface area contributed by atoms with Crippen molar-refractivity contribution in [2.75, 3.05) is 13.7 Å². The van der Waals surface area contributed by atoms with E-state index in [1.807, 2.05) is 18.2 Å². The van der Waals surface area contributed by atoms with Gasteiger partial charge in [0.05, 0.1) is 26.1 Å². The van der Waals surface area contributed by atoms with E-state index in [1.54, 1.807) is 49.6 Å². The molecule has 0 aromatic heterocycles. The van der Waals surface area contributed by atoms with Crippen LogP contribution in [0, 0.1) is 11.3 Å². The quantitative estimate of drug-likeness (QED) is 0.143. The number of nitriles is 1. The zero-order valence-electron chi connectivity index (χ0n) is 22.7. The summed E-state index contributed by atoms with van der Waals surface area (Å²) >= 11 is 5.92. The molecule has 40 heavy (non-hydrogen) atoms. The van der Waals surface area contributed by atoms with E-state index in [2.05, 4.69) is 13.0 Å². The Morgan fingerprint density at radius 2 is 1.80 bits per heavy atom. The van der Waals surface area contributed by atoms with Gasteiger partial charge in [-0.3, -0.25) is 4.79 Å². The van der Waals surface area contributed by atoms with Gasteiger partial charge >= 0.3 is 5.97 Å². The summed E-state index contributed by atoms with van der Waals surface area (Å²) in [6, 6.07) is 19.9. The van der Waals surface area contributed by atoms with Gasteiger partial charge in [0.15, 0.2) is 11.5 Å². The first kappa shape index (κ1) is 28.8. The van der Waals surface area contributed by atoms with Crippen LogP contribution in [0.15, 0.2) is 72.1 Å². The number of benzene rings is 3. The smallest absolute Gasteiger partial charge is 0.315 e. The van der Waals surface area contributed by atoms with Crippen LogP contribution in [0.25, 0.3) is 0 Å². The lowest BCUT2D eigenvalue weighted by molar-refractivity contribution is -0.133. The molecule has 7 nitrogen and oxygen atoms in total. The van der Waals surface area contributed by atoms with Crippen LogP contribution in [0.2, 0.25) is 5.02 Å². The summed E-state index contributed by atoms with van der Waals surface area (Å²) in [6.07, 6.45) is 5.82. The van der Waals surface area contributed by atoms with E-state index in [0.29, 0.717) is 34.6 Å². The summed E-state index contributed by atoms with van der Waals surface area (Å²) < 4.78 is 23.0. The molecule has 1 aliphatic rings. The highest BCUT2D eigenvalue weighted by atomic mass is 35.5. The van der Waals surface area contributed by atoms with Crippen LogP contribution in [0.5, 0.6) is 23.0 Å². The monoisotopic (exact) mass is 560 g/mol. The molecule has 0 fully saturated rings. The van der Waals surface area contributed by atoms with E-state index >= 15 is 0 Å². The van der Waals surface area contributed by atoms with Crippen LogP contribution in [0.1, 0.15) is 61.6 Å². The second-order valence-corrected chi connectivity index (χ2v) is 10.0. The Balaban J connectivity index is 1.53. The first-order valence-corrected chi connectivity index (χ1v) is 13.8. The molecule has 0 saturated carbocycles. The standard InChI is InChI=1S/C32H33ClN2O5/c1-3-4-5-6-7-16-38-27-15-10-22(18-29(27)37-2)31-25-14-13-24(19-28(25)40-32(35)26(31)20-34)39-30(36)17-21-8-11-23(33)12-9-21/h8-15,18-19,31H,3-7,16-17,35H2,1-2H3. The van der Waals surface area contributed by atoms with Crippen molar-refractivity contribution in [2.24, 2.45) is 5.73 Å². The molecule has 1 unspecified atom stereocenters. The number of allylic oxidation sites excluding steroid dienone is 1. The van der Waals surface area contributed by atoms with Gasteiger partial charge in [-0.05, 0) is 47.9 Å². The van der Waals surface area contributed by atoms with Crippen molar-refractivity contribution in [1.29, 1.82) is 5.26 Å². The van der Waals surface area contributed by atoms with E-state index < -0.39 is 11.9 Å². The number of rotatable bonds is 12. The Labute approximate surface area is 240 Å². The number of carbonyl (C=O) groups excluding carboxylic acids is 1. The summed E-state index contributed by atoms with van der Waals surface area (Å²) in [5.74, 6) is 1.01. The zero-order chi connectivity index (χ0) is 28.5. The number of halogens is 1. The number of esters is 1. The minimum atomic E-state index is -0.496. The Morgan fingerprint density at radius 1 is 1.02 bits per heavy atom. The fourth-order valence-electron chi connectivity index (χ4n) is 4.65. The zero-order valence-corrected chi connectivity index (χ0v) is 23.5. The molecule has 0 spiro atoms. The van der Waals surface area contributed by atoms with Crippen LogP contribution >= 0.6 is 11.6 Å². The summed E-state index contributed by atoms with van der Waals surface area (Å²) in [5, 5.41) is 10.5. The summed E-state index contributed by atoms with van der Waals surface area (Å²) in [7, 11) is 1.59. The van der Waals surface area contributed by atoms with Gasteiger partial charge in [0.1, 0.15) is 23.1 Å². The van der Waals surface area contributed by atoms with Gasteiger partial charge < -0.3 is 24.7 Å². The van der Waals surface area contributed by atoms with Gasteiger partial charge in [-0.1, -0.05) is 68.5 Å². The van der Waals surface area contributed by atoms with E-state index in [4.69, 9.17) is 36.3 Å². The highest BCUT2D eigenvalue weighted by molar-refractivity contribution is 6.30. The molecule has 0 amide bonds. The van der Waals surface area contributed by atoms with Crippen LogP contribution in [0.4, 0.5) is 0 Å². The Morgan fingerprint density at radius 3 is 2.52 bits per heavy atom. The molecule has 1 heterocycles. The maximum absolute atomic E-state index is 12.5. The van der Waals surface area contributed by atoms with Gasteiger partial charge in [0, 0.05) is 16.7 Å². The van der Waals surface area contributed by atoms with E-state index in [9.17, 15) is 10.1 Å². The first-order valence-electron chi connectivity index (χ1n) is 13.4. The first-order chi connectivity index (χ1) is 19.4. The average molecular weight is 561 g/mol. The van der Waals surface area contributed by atoms with E-state index in [-0.39, 0.29) is 17.9 Å². The van der Waals surface area contributed by atoms with Gasteiger partial charge in [-0.15, -0.1) is 0 Å². The van der Waals surface area contributed by atoms with Crippen LogP contribution in [-0.2, 0) is 11.2 Å². The minimum Gasteiger partial charge on any atom is -0.493 e. The number of unbranched alkanes of at least 4 members (excludes halogenated alkanes) is 4. The highest BCUT2D eigenvalue weighted by Crippen LogP contribution is 2.45. The van der Waals surface area contributed by atoms with Crippen LogP contribution in [-0.4, -0.2) is 19.7 Å². The molecule has 0 aliphatic carbocycles. The van der Waals surface area contributed by atoms with Crippen molar-refractivity contribution in [3.8, 4) is 29.1 Å². The predicted octanol–water partition coefficient (Wildman–Crippen LogP) is 7.06. The minimum absolute atomic E-state index is 0.00369. The van der Waals surface area contributed by atoms with Gasteiger partial charge in [0.2, 0.25) is 5.88 Å². The average Bonchev–Trinajstić information content (AvgIpc) is 2.95. The molecule has 208 valence electrons. The van der Waals surface area contributed by atoms with Gasteiger partial charge in [-0.25, -0.2) is 0 Å². The van der Waals surface area contributed by atoms with Crippen LogP contribution in [0.3, 0.4) is 0 Å². The van der Waals surface area contributed by atoms with Crippen molar-refractivity contribution < 1.29 is 23.7 Å². The molecular formula is C32H33ClN2O5. The molecular weight excluding hydrogens is 528 g/mol. The lowest BCUT2D eigenvalue weighted by Crippen LogP contribution is -2.21. The Kier molecular flexibility index (Phi) is 9.93. The largest absolute Gasteiger partial charge is 0.493 e. The van der Waals surface area contributed by atoms with E-state index in [1.165, 1.54) is 19.3 Å². The lowest BCUT2D eigenvalue weighted by atomic mass is 9.83. The number of nitrogens with zero attached hydrogens (tertiary/aromatic N) is 1. The molecule has 8 heteroatoms. The number of hydrogen-bond acceptors (Lipinski definition) is 7. The SMILES string of the molecule is CCCCCCCOc1ccc(C2C(C#N)=C(N)Oc3cc(OC(=O)Cc4ccc(Cl)cc4)ccc32)cc1OC. The molecule has 4 rings (SSSR count). The maximum atomic E-state index is 12.5. The topological polar surface area (TPSA) is 104 Å². The highest BCUT2D eigenvalue weighted by Gasteiger charge is 2.31. The molecule has 3 aromatic carbocycles. The lowest BCUT2D eigenvalue weighted by Gasteiger charge is -2.27. The van der Waals surface area contributed by atoms with Crippen molar-refractivity contribution in [2.45, 2.75) is 51.4 Å². The number of fused-ring (bicyclic) bond motifs is 1. The summed E-state index contributed by atoms with van der Waals surface area (Å²) in [5.41, 5.74) is 8.76. The second-order valence-electron chi connectivity index (χ2n) is 9.57. The molecule has 1 atom stereocenters. The molecule has 1 aliphatic heterocycles. The number of methoxy groups -OCH3 is 1. The van der Waals surface area contributed by atoms with Gasteiger partial charge in [0.25, 0.3) is 0 Å². The van der Waals surface area contributed by atoms with E-state index in [0.717, 1.165) is 29.5 Å². The van der Waals surface area contributed by atoms with Crippen molar-refractivity contribution >= 4 is 17.6 Å². The normalized spacial score (nSPS) is 14.1. The molecule has 0 saturated heterocycles. The van der Waals surface area contributed by atoms with Crippen molar-refractivity contribution in [1.82, 2.24) is 0 Å². The van der Waals surface area contributed by atoms with Crippen molar-refractivity contribution in [3.05, 3.63) is 93.8 Å². The van der Waals surface area contributed by atoms with Crippen molar-refractivity contribution in [3.63, 3.8) is 0 Å². The summed E-state index contributed by atoms with van der Waals surface area (Å²) in [6.45, 7) is 2.80. The number of hydrogen-bond donors (Lipinski definition) is 1. The Hall–Kier alpha value is -4.15. The molecule has 3 aromatic rings. The fourth-order valence-corrected chi connectivity index (χ4v) is 4.78. The third kappa shape index (κ3) is 7.08. The van der Waals surface area contributed by atoms with Crippen LogP contribution < -0.4 is 24.7 Å². The molecule has 0 bridgehead atoms. The predicted molar refractivity (Wildman–Crippen MR) is 154 cm³/mol. The van der Waals surface area contributed by atoms with Gasteiger partial charge in [-0.2, -0.15) is 5.26 Å².